The Hall–Kier alpha value is -3.03. The predicted molar refractivity (Wildman–Crippen MR) is 102 cm³/mol. The van der Waals surface area contributed by atoms with E-state index in [4.69, 9.17) is 4.74 Å². The average Bonchev–Trinajstić information content (AvgIpc) is 2.70. The number of ether oxygens (including phenoxy) is 1. The van der Waals surface area contributed by atoms with Gasteiger partial charge in [0.15, 0.2) is 0 Å². The van der Waals surface area contributed by atoms with Gasteiger partial charge in [-0.2, -0.15) is 5.10 Å². The lowest BCUT2D eigenvalue weighted by molar-refractivity contribution is -0.128. The highest BCUT2D eigenvalue weighted by Gasteiger charge is 2.15. The van der Waals surface area contributed by atoms with Crippen LogP contribution in [0, 0.1) is 0 Å². The van der Waals surface area contributed by atoms with E-state index in [1.807, 2.05) is 42.5 Å². The summed E-state index contributed by atoms with van der Waals surface area (Å²) < 4.78 is 6.46. The number of amides is 1. The second-order valence-electron chi connectivity index (χ2n) is 6.38. The lowest BCUT2D eigenvalue weighted by atomic mass is 10.0. The fourth-order valence-electron chi connectivity index (χ4n) is 3.18. The molecule has 0 saturated carbocycles. The van der Waals surface area contributed by atoms with Gasteiger partial charge in [-0.15, -0.1) is 0 Å². The molecular weight excluding hydrogens is 344 g/mol. The fourth-order valence-corrected chi connectivity index (χ4v) is 3.18. The van der Waals surface area contributed by atoms with Gasteiger partial charge in [-0.3, -0.25) is 15.0 Å². The highest BCUT2D eigenvalue weighted by molar-refractivity contribution is 5.95. The molecule has 0 bridgehead atoms. The van der Waals surface area contributed by atoms with E-state index in [0.29, 0.717) is 32.0 Å². The van der Waals surface area contributed by atoms with Crippen LogP contribution in [-0.4, -0.2) is 47.0 Å². The van der Waals surface area contributed by atoms with Crippen molar-refractivity contribution in [3.63, 3.8) is 0 Å². The van der Waals surface area contributed by atoms with Crippen LogP contribution in [0.3, 0.4) is 0 Å². The summed E-state index contributed by atoms with van der Waals surface area (Å²) in [5.41, 5.74) is 4.07. The van der Waals surface area contributed by atoms with Crippen LogP contribution < -0.4 is 11.0 Å². The molecule has 4 rings (SSSR count). The minimum absolute atomic E-state index is 0.130. The summed E-state index contributed by atoms with van der Waals surface area (Å²) >= 11 is 0. The lowest BCUT2D eigenvalue weighted by Gasteiger charge is -2.26. The summed E-state index contributed by atoms with van der Waals surface area (Å²) in [5.74, 6) is -0.276. The topological polar surface area (TPSA) is 76.5 Å². The number of hydrazine groups is 1. The zero-order valence-electron chi connectivity index (χ0n) is 14.8. The second-order valence-corrected chi connectivity index (χ2v) is 6.38. The zero-order chi connectivity index (χ0) is 18.6. The number of fused-ring (bicyclic) bond motifs is 1. The Morgan fingerprint density at radius 3 is 2.67 bits per heavy atom. The molecule has 0 unspecified atom stereocenters. The molecule has 7 nitrogen and oxygen atoms in total. The molecule has 1 N–H and O–H groups in total. The second kappa shape index (κ2) is 7.69. The van der Waals surface area contributed by atoms with Gasteiger partial charge < -0.3 is 4.74 Å². The van der Waals surface area contributed by atoms with Gasteiger partial charge in [0.05, 0.1) is 18.9 Å². The Balaban J connectivity index is 1.59. The Morgan fingerprint density at radius 2 is 1.81 bits per heavy atom. The Labute approximate surface area is 156 Å². The van der Waals surface area contributed by atoms with Crippen molar-refractivity contribution in [2.75, 3.05) is 26.3 Å². The number of hydrogen-bond acceptors (Lipinski definition) is 5. The summed E-state index contributed by atoms with van der Waals surface area (Å²) in [6, 6.07) is 17.1. The van der Waals surface area contributed by atoms with Crippen molar-refractivity contribution in [3.05, 3.63) is 65.0 Å². The number of rotatable bonds is 4. The third-order valence-corrected chi connectivity index (χ3v) is 4.52. The normalized spacial score (nSPS) is 15.0. The first-order valence-corrected chi connectivity index (χ1v) is 8.89. The molecule has 1 saturated heterocycles. The van der Waals surface area contributed by atoms with Gasteiger partial charge in [0.25, 0.3) is 11.5 Å². The number of nitrogens with zero attached hydrogens (tertiary/aromatic N) is 3. The first-order chi connectivity index (χ1) is 13.2. The number of aromatic nitrogens is 2. The first kappa shape index (κ1) is 17.4. The molecule has 1 fully saturated rings. The number of nitrogens with one attached hydrogen (secondary N) is 1. The van der Waals surface area contributed by atoms with Crippen molar-refractivity contribution in [1.29, 1.82) is 0 Å². The van der Waals surface area contributed by atoms with Crippen molar-refractivity contribution >= 4 is 16.7 Å². The minimum Gasteiger partial charge on any atom is -0.379 e. The molecular formula is C20H20N4O3. The van der Waals surface area contributed by atoms with Crippen molar-refractivity contribution in [1.82, 2.24) is 20.2 Å². The predicted octanol–water partition coefficient (Wildman–Crippen LogP) is 1.43. The monoisotopic (exact) mass is 364 g/mol. The maximum atomic E-state index is 12.3. The Kier molecular flexibility index (Phi) is 4.95. The molecule has 138 valence electrons. The summed E-state index contributed by atoms with van der Waals surface area (Å²) in [4.78, 5) is 24.5. The van der Waals surface area contributed by atoms with Crippen LogP contribution in [0.2, 0.25) is 0 Å². The van der Waals surface area contributed by atoms with Gasteiger partial charge in [0.1, 0.15) is 6.54 Å². The van der Waals surface area contributed by atoms with Gasteiger partial charge in [-0.1, -0.05) is 42.5 Å². The fraction of sp³-hybridized carbons (Fsp3) is 0.250. The number of hydrogen-bond donors (Lipinski definition) is 1. The number of morpholine rings is 1. The molecule has 0 aliphatic carbocycles. The smallest absolute Gasteiger partial charge is 0.267 e. The maximum absolute atomic E-state index is 12.3. The molecule has 7 heteroatoms. The first-order valence-electron chi connectivity index (χ1n) is 8.89. The molecule has 1 aromatic heterocycles. The van der Waals surface area contributed by atoms with E-state index in [0.717, 1.165) is 16.3 Å². The molecule has 0 radical (unpaired) electrons. The largest absolute Gasteiger partial charge is 0.379 e. The summed E-state index contributed by atoms with van der Waals surface area (Å²) in [6.07, 6.45) is 0. The van der Waals surface area contributed by atoms with Crippen molar-refractivity contribution in [2.24, 2.45) is 0 Å². The molecule has 27 heavy (non-hydrogen) atoms. The highest BCUT2D eigenvalue weighted by atomic mass is 16.5. The number of carbonyl (C=O) groups is 1. The van der Waals surface area contributed by atoms with Gasteiger partial charge in [0.2, 0.25) is 0 Å². The van der Waals surface area contributed by atoms with Crippen LogP contribution in [-0.2, 0) is 16.1 Å². The zero-order valence-corrected chi connectivity index (χ0v) is 14.8. The quantitative estimate of drug-likeness (QED) is 0.758. The summed E-state index contributed by atoms with van der Waals surface area (Å²) in [5, 5.41) is 8.37. The number of carbonyl (C=O) groups excluding carboxylic acids is 1. The molecule has 2 heterocycles. The Morgan fingerprint density at radius 1 is 1.04 bits per heavy atom. The standard InChI is InChI=1S/C20H20N4O3/c25-19(22-23-10-12-27-13-11-23)14-24-20(26)9-8-18(21-24)17-7-3-5-15-4-1-2-6-16(15)17/h1-9H,10-14H2,(H,22,25). The molecule has 3 aromatic rings. The summed E-state index contributed by atoms with van der Waals surface area (Å²) in [7, 11) is 0. The SMILES string of the molecule is O=C(Cn1nc(-c2cccc3ccccc23)ccc1=O)NN1CCOCC1. The van der Waals surface area contributed by atoms with Crippen LogP contribution in [0.15, 0.2) is 59.4 Å². The lowest BCUT2D eigenvalue weighted by Crippen LogP contribution is -2.49. The van der Waals surface area contributed by atoms with E-state index in [9.17, 15) is 9.59 Å². The van der Waals surface area contributed by atoms with Crippen LogP contribution in [0.5, 0.6) is 0 Å². The summed E-state index contributed by atoms with van der Waals surface area (Å²) in [6.45, 7) is 2.28. The van der Waals surface area contributed by atoms with E-state index in [1.165, 1.54) is 10.7 Å². The van der Waals surface area contributed by atoms with Gasteiger partial charge >= 0.3 is 0 Å². The Bertz CT molecular complexity index is 1020. The van der Waals surface area contributed by atoms with Crippen LogP contribution in [0.1, 0.15) is 0 Å². The van der Waals surface area contributed by atoms with Crippen molar-refractivity contribution < 1.29 is 9.53 Å². The molecule has 2 aromatic carbocycles. The molecule has 1 aliphatic rings. The van der Waals surface area contributed by atoms with E-state index in [-0.39, 0.29) is 18.0 Å². The van der Waals surface area contributed by atoms with E-state index in [1.54, 1.807) is 11.1 Å². The minimum atomic E-state index is -0.309. The van der Waals surface area contributed by atoms with Crippen LogP contribution in [0.4, 0.5) is 0 Å². The van der Waals surface area contributed by atoms with Crippen LogP contribution in [0.25, 0.3) is 22.0 Å². The molecule has 0 spiro atoms. The third-order valence-electron chi connectivity index (χ3n) is 4.52. The van der Waals surface area contributed by atoms with Crippen molar-refractivity contribution in [3.8, 4) is 11.3 Å². The maximum Gasteiger partial charge on any atom is 0.267 e. The van der Waals surface area contributed by atoms with Gasteiger partial charge in [-0.25, -0.2) is 9.69 Å². The van der Waals surface area contributed by atoms with E-state index < -0.39 is 0 Å². The average molecular weight is 364 g/mol. The van der Waals surface area contributed by atoms with E-state index in [2.05, 4.69) is 10.5 Å². The van der Waals surface area contributed by atoms with Crippen molar-refractivity contribution in [2.45, 2.75) is 6.54 Å². The van der Waals surface area contributed by atoms with Gasteiger partial charge in [-0.05, 0) is 16.8 Å². The molecule has 1 aliphatic heterocycles. The highest BCUT2D eigenvalue weighted by Crippen LogP contribution is 2.26. The molecule has 1 amide bonds. The van der Waals surface area contributed by atoms with E-state index >= 15 is 0 Å². The number of benzene rings is 2. The van der Waals surface area contributed by atoms with Gasteiger partial charge in [0, 0.05) is 24.7 Å². The van der Waals surface area contributed by atoms with Crippen LogP contribution >= 0.6 is 0 Å². The third kappa shape index (κ3) is 3.89. The molecule has 0 atom stereocenters.